The van der Waals surface area contributed by atoms with Gasteiger partial charge in [0, 0.05) is 11.8 Å². The fourth-order valence-corrected chi connectivity index (χ4v) is 1.26. The molecule has 0 aromatic heterocycles. The van der Waals surface area contributed by atoms with Crippen molar-refractivity contribution in [2.75, 3.05) is 12.8 Å². The quantitative estimate of drug-likeness (QED) is 0.637. The van der Waals surface area contributed by atoms with Crippen molar-refractivity contribution in [1.82, 2.24) is 0 Å². The maximum atomic E-state index is 13.6. The van der Waals surface area contributed by atoms with Crippen LogP contribution >= 0.6 is 0 Å². The van der Waals surface area contributed by atoms with Crippen LogP contribution in [0.4, 0.5) is 10.1 Å². The topological polar surface area (TPSA) is 61.5 Å². The minimum atomic E-state index is -0.624. The zero-order chi connectivity index (χ0) is 13.2. The summed E-state index contributed by atoms with van der Waals surface area (Å²) in [6.45, 7) is 5.34. The van der Waals surface area contributed by atoms with Crippen LogP contribution in [0.1, 0.15) is 31.1 Å². The van der Waals surface area contributed by atoms with Crippen LogP contribution in [0.2, 0.25) is 0 Å². The Labute approximate surface area is 99.5 Å². The molecule has 2 N–H and O–H groups in total. The Kier molecular flexibility index (Phi) is 3.60. The minimum absolute atomic E-state index is 0.0212. The van der Waals surface area contributed by atoms with Crippen LogP contribution in [0, 0.1) is 5.82 Å². The van der Waals surface area contributed by atoms with Gasteiger partial charge >= 0.3 is 5.97 Å². The highest BCUT2D eigenvalue weighted by Crippen LogP contribution is 2.27. The van der Waals surface area contributed by atoms with Gasteiger partial charge in [-0.25, -0.2) is 9.18 Å². The van der Waals surface area contributed by atoms with Crippen molar-refractivity contribution in [3.63, 3.8) is 0 Å². The van der Waals surface area contributed by atoms with E-state index in [1.807, 2.05) is 0 Å². The summed E-state index contributed by atoms with van der Waals surface area (Å²) in [6.07, 6.45) is 0. The summed E-state index contributed by atoms with van der Waals surface area (Å²) in [6, 6.07) is 2.30. The number of nitrogens with two attached hydrogens (primary N) is 1. The molecular weight excluding hydrogens is 225 g/mol. The van der Waals surface area contributed by atoms with Crippen LogP contribution in [0.5, 0.6) is 5.75 Å². The van der Waals surface area contributed by atoms with Crippen molar-refractivity contribution in [1.29, 1.82) is 0 Å². The average Bonchev–Trinajstić information content (AvgIpc) is 2.19. The number of esters is 1. The molecule has 0 aliphatic carbocycles. The summed E-state index contributed by atoms with van der Waals surface area (Å²) < 4.78 is 23.5. The molecule has 0 unspecified atom stereocenters. The number of ether oxygens (including phenoxy) is 2. The highest BCUT2D eigenvalue weighted by atomic mass is 19.1. The fourth-order valence-electron chi connectivity index (χ4n) is 1.26. The van der Waals surface area contributed by atoms with E-state index >= 15 is 0 Å². The zero-order valence-corrected chi connectivity index (χ0v) is 10.3. The molecule has 0 bridgehead atoms. The number of halogens is 1. The summed E-state index contributed by atoms with van der Waals surface area (Å²) in [7, 11) is 1.23. The van der Waals surface area contributed by atoms with Crippen LogP contribution in [0.25, 0.3) is 0 Å². The van der Waals surface area contributed by atoms with Crippen molar-refractivity contribution >= 4 is 11.7 Å². The molecule has 1 aromatic carbocycles. The normalized spacial score (nSPS) is 11.1. The summed E-state index contributed by atoms with van der Waals surface area (Å²) in [5, 5.41) is 0. The van der Waals surface area contributed by atoms with Gasteiger partial charge in [-0.05, 0) is 26.8 Å². The smallest absolute Gasteiger partial charge is 0.340 e. The Hall–Kier alpha value is -1.78. The molecule has 0 saturated carbocycles. The second kappa shape index (κ2) is 4.61. The van der Waals surface area contributed by atoms with Gasteiger partial charge in [0.1, 0.15) is 5.60 Å². The molecule has 0 fully saturated rings. The molecule has 94 valence electrons. The monoisotopic (exact) mass is 241 g/mol. The van der Waals surface area contributed by atoms with E-state index in [1.165, 1.54) is 13.2 Å². The van der Waals surface area contributed by atoms with E-state index in [-0.39, 0.29) is 17.0 Å². The highest BCUT2D eigenvalue weighted by Gasteiger charge is 2.19. The van der Waals surface area contributed by atoms with Crippen LogP contribution in [-0.2, 0) is 4.74 Å². The number of carbonyl (C=O) groups is 1. The number of nitrogen functional groups attached to an aromatic ring is 1. The van der Waals surface area contributed by atoms with Gasteiger partial charge in [0.25, 0.3) is 0 Å². The number of hydrogen-bond donors (Lipinski definition) is 1. The SMILES string of the molecule is COC(=O)c1cc(OC(C)(C)C)c(F)cc1N. The van der Waals surface area contributed by atoms with Gasteiger partial charge in [0.05, 0.1) is 12.7 Å². The number of benzene rings is 1. The third-order valence-electron chi connectivity index (χ3n) is 1.93. The first kappa shape index (κ1) is 13.3. The van der Waals surface area contributed by atoms with Gasteiger partial charge in [-0.1, -0.05) is 0 Å². The Balaban J connectivity index is 3.19. The lowest BCUT2D eigenvalue weighted by Crippen LogP contribution is -2.24. The van der Waals surface area contributed by atoms with Gasteiger partial charge in [0.2, 0.25) is 0 Å². The first-order valence-corrected chi connectivity index (χ1v) is 5.11. The Morgan fingerprint density at radius 2 is 1.94 bits per heavy atom. The molecule has 5 heteroatoms. The van der Waals surface area contributed by atoms with Gasteiger partial charge in [-0.3, -0.25) is 0 Å². The number of rotatable bonds is 2. The van der Waals surface area contributed by atoms with Gasteiger partial charge in [-0.2, -0.15) is 0 Å². The number of methoxy groups -OCH3 is 1. The van der Waals surface area contributed by atoms with E-state index in [4.69, 9.17) is 10.5 Å². The van der Waals surface area contributed by atoms with Crippen molar-refractivity contribution in [2.24, 2.45) is 0 Å². The van der Waals surface area contributed by atoms with E-state index in [9.17, 15) is 9.18 Å². The van der Waals surface area contributed by atoms with Crippen LogP contribution in [-0.4, -0.2) is 18.7 Å². The van der Waals surface area contributed by atoms with Crippen molar-refractivity contribution in [3.05, 3.63) is 23.5 Å². The summed E-state index contributed by atoms with van der Waals surface area (Å²) >= 11 is 0. The molecule has 0 heterocycles. The van der Waals surface area contributed by atoms with Crippen molar-refractivity contribution in [3.8, 4) is 5.75 Å². The van der Waals surface area contributed by atoms with Gasteiger partial charge in [-0.15, -0.1) is 0 Å². The number of hydrogen-bond acceptors (Lipinski definition) is 4. The number of carbonyl (C=O) groups excluding carboxylic acids is 1. The predicted molar refractivity (Wildman–Crippen MR) is 62.5 cm³/mol. The molecule has 0 spiro atoms. The van der Waals surface area contributed by atoms with Gasteiger partial charge in [0.15, 0.2) is 11.6 Å². The van der Waals surface area contributed by atoms with E-state index in [0.29, 0.717) is 0 Å². The lowest BCUT2D eigenvalue weighted by molar-refractivity contribution is 0.0599. The molecule has 1 aromatic rings. The average molecular weight is 241 g/mol. The molecule has 0 amide bonds. The van der Waals surface area contributed by atoms with E-state index in [0.717, 1.165) is 6.07 Å². The molecule has 1 rings (SSSR count). The van der Waals surface area contributed by atoms with Crippen molar-refractivity contribution in [2.45, 2.75) is 26.4 Å². The number of anilines is 1. The maximum Gasteiger partial charge on any atom is 0.340 e. The predicted octanol–water partition coefficient (Wildman–Crippen LogP) is 2.37. The fraction of sp³-hybridized carbons (Fsp3) is 0.417. The summed E-state index contributed by atoms with van der Waals surface area (Å²) in [4.78, 5) is 11.4. The lowest BCUT2D eigenvalue weighted by atomic mass is 10.1. The summed E-state index contributed by atoms with van der Waals surface area (Å²) in [5.74, 6) is -1.25. The molecule has 17 heavy (non-hydrogen) atoms. The highest BCUT2D eigenvalue weighted by molar-refractivity contribution is 5.95. The molecule has 0 radical (unpaired) electrons. The molecule has 0 aliphatic heterocycles. The largest absolute Gasteiger partial charge is 0.485 e. The Bertz CT molecular complexity index is 438. The first-order chi connectivity index (χ1) is 7.74. The third-order valence-corrected chi connectivity index (χ3v) is 1.93. The lowest BCUT2D eigenvalue weighted by Gasteiger charge is -2.22. The van der Waals surface area contributed by atoms with Gasteiger partial charge < -0.3 is 15.2 Å². The summed E-state index contributed by atoms with van der Waals surface area (Å²) in [5.41, 5.74) is 5.08. The van der Waals surface area contributed by atoms with Crippen molar-refractivity contribution < 1.29 is 18.7 Å². The van der Waals surface area contributed by atoms with E-state index in [1.54, 1.807) is 20.8 Å². The Morgan fingerprint density at radius 3 is 2.41 bits per heavy atom. The maximum absolute atomic E-state index is 13.6. The van der Waals surface area contributed by atoms with E-state index in [2.05, 4.69) is 4.74 Å². The molecule has 0 atom stereocenters. The van der Waals surface area contributed by atoms with E-state index < -0.39 is 17.4 Å². The van der Waals surface area contributed by atoms with Crippen LogP contribution < -0.4 is 10.5 Å². The van der Waals surface area contributed by atoms with Crippen LogP contribution in [0.3, 0.4) is 0 Å². The molecular formula is C12H16FNO3. The Morgan fingerprint density at radius 1 is 1.35 bits per heavy atom. The second-order valence-electron chi connectivity index (χ2n) is 4.58. The second-order valence-corrected chi connectivity index (χ2v) is 4.58. The first-order valence-electron chi connectivity index (χ1n) is 5.11. The minimum Gasteiger partial charge on any atom is -0.485 e. The standard InChI is InChI=1S/C12H16FNO3/c1-12(2,3)17-10-5-7(11(15)16-4)9(14)6-8(10)13/h5-6H,14H2,1-4H3. The molecule has 4 nitrogen and oxygen atoms in total. The third kappa shape index (κ3) is 3.34. The van der Waals surface area contributed by atoms with Crippen LogP contribution in [0.15, 0.2) is 12.1 Å². The zero-order valence-electron chi connectivity index (χ0n) is 10.3. The molecule has 0 saturated heterocycles. The molecule has 0 aliphatic rings.